The van der Waals surface area contributed by atoms with Gasteiger partial charge < -0.3 is 14.4 Å². The van der Waals surface area contributed by atoms with E-state index < -0.39 is 11.9 Å². The standard InChI is InChI=1S/C12H14BrNO4/c1-7-9(12(16)17)3-2-4-14(7)11(15)8-5-10(13)18-6-8/h5-7,9H,2-4H2,1H3,(H,16,17)/t7-,9-/m1/s1. The normalized spacial score (nSPS) is 24.0. The third-order valence-corrected chi connectivity index (χ3v) is 3.80. The van der Waals surface area contributed by atoms with E-state index in [1.54, 1.807) is 17.9 Å². The van der Waals surface area contributed by atoms with Crippen LogP contribution >= 0.6 is 15.9 Å². The molecule has 0 radical (unpaired) electrons. The van der Waals surface area contributed by atoms with Crippen LogP contribution in [0.15, 0.2) is 21.4 Å². The minimum atomic E-state index is -0.839. The summed E-state index contributed by atoms with van der Waals surface area (Å²) in [5, 5.41) is 9.12. The molecule has 1 aromatic heterocycles. The van der Waals surface area contributed by atoms with Crippen LogP contribution in [0.3, 0.4) is 0 Å². The van der Waals surface area contributed by atoms with Crippen LogP contribution < -0.4 is 0 Å². The lowest BCUT2D eigenvalue weighted by Crippen LogP contribution is -2.49. The highest BCUT2D eigenvalue weighted by atomic mass is 79.9. The smallest absolute Gasteiger partial charge is 0.308 e. The van der Waals surface area contributed by atoms with Crippen LogP contribution in [0.2, 0.25) is 0 Å². The minimum Gasteiger partial charge on any atom is -0.481 e. The van der Waals surface area contributed by atoms with Gasteiger partial charge in [0.25, 0.3) is 5.91 Å². The second kappa shape index (κ2) is 5.14. The Bertz CT molecular complexity index is 470. The molecule has 0 unspecified atom stereocenters. The molecule has 0 spiro atoms. The Labute approximate surface area is 113 Å². The number of carboxylic acid groups (broad SMARTS) is 1. The number of amides is 1. The van der Waals surface area contributed by atoms with E-state index in [1.165, 1.54) is 6.26 Å². The fourth-order valence-electron chi connectivity index (χ4n) is 2.35. The quantitative estimate of drug-likeness (QED) is 0.909. The zero-order valence-electron chi connectivity index (χ0n) is 9.93. The van der Waals surface area contributed by atoms with Gasteiger partial charge in [-0.25, -0.2) is 0 Å². The van der Waals surface area contributed by atoms with E-state index in [1.807, 2.05) is 0 Å². The Balaban J connectivity index is 2.17. The Morgan fingerprint density at radius 1 is 1.56 bits per heavy atom. The van der Waals surface area contributed by atoms with Gasteiger partial charge in [-0.2, -0.15) is 0 Å². The maximum absolute atomic E-state index is 12.2. The van der Waals surface area contributed by atoms with Crippen molar-refractivity contribution in [2.45, 2.75) is 25.8 Å². The molecule has 1 fully saturated rings. The lowest BCUT2D eigenvalue weighted by molar-refractivity contribution is -0.144. The Kier molecular flexibility index (Phi) is 3.75. The molecule has 0 bridgehead atoms. The van der Waals surface area contributed by atoms with Crippen molar-refractivity contribution >= 4 is 27.8 Å². The molecule has 1 saturated heterocycles. The van der Waals surface area contributed by atoms with Crippen molar-refractivity contribution in [1.82, 2.24) is 4.90 Å². The lowest BCUT2D eigenvalue weighted by Gasteiger charge is -2.37. The first-order valence-electron chi connectivity index (χ1n) is 5.78. The number of hydrogen-bond acceptors (Lipinski definition) is 3. The molecule has 2 rings (SSSR count). The number of furan rings is 1. The summed E-state index contributed by atoms with van der Waals surface area (Å²) in [7, 11) is 0. The van der Waals surface area contributed by atoms with E-state index in [-0.39, 0.29) is 11.9 Å². The number of carbonyl (C=O) groups is 2. The number of hydrogen-bond donors (Lipinski definition) is 1. The van der Waals surface area contributed by atoms with Crippen LogP contribution in [0.5, 0.6) is 0 Å². The Morgan fingerprint density at radius 3 is 2.83 bits per heavy atom. The Morgan fingerprint density at radius 2 is 2.28 bits per heavy atom. The topological polar surface area (TPSA) is 70.8 Å². The molecular weight excluding hydrogens is 302 g/mol. The van der Waals surface area contributed by atoms with Crippen LogP contribution in [0.25, 0.3) is 0 Å². The second-order valence-corrected chi connectivity index (χ2v) is 5.25. The minimum absolute atomic E-state index is 0.178. The maximum atomic E-state index is 12.2. The van der Waals surface area contributed by atoms with Crippen LogP contribution in [0.4, 0.5) is 0 Å². The van der Waals surface area contributed by atoms with E-state index in [4.69, 9.17) is 9.52 Å². The molecule has 1 amide bonds. The van der Waals surface area contributed by atoms with Crippen molar-refractivity contribution in [3.63, 3.8) is 0 Å². The van der Waals surface area contributed by atoms with E-state index in [0.717, 1.165) is 0 Å². The van der Waals surface area contributed by atoms with Gasteiger partial charge in [0.15, 0.2) is 4.67 Å². The van der Waals surface area contributed by atoms with Gasteiger partial charge in [0, 0.05) is 18.7 Å². The predicted molar refractivity (Wildman–Crippen MR) is 67.3 cm³/mol. The van der Waals surface area contributed by atoms with E-state index in [0.29, 0.717) is 29.6 Å². The van der Waals surface area contributed by atoms with Crippen molar-refractivity contribution in [3.8, 4) is 0 Å². The molecule has 1 aromatic rings. The number of aliphatic carboxylic acids is 1. The first kappa shape index (κ1) is 13.1. The maximum Gasteiger partial charge on any atom is 0.308 e. The van der Waals surface area contributed by atoms with Crippen molar-refractivity contribution < 1.29 is 19.1 Å². The summed E-state index contributed by atoms with van der Waals surface area (Å²) in [6.07, 6.45) is 2.71. The fourth-order valence-corrected chi connectivity index (χ4v) is 2.69. The first-order chi connectivity index (χ1) is 8.50. The monoisotopic (exact) mass is 315 g/mol. The van der Waals surface area contributed by atoms with Crippen LogP contribution in [0.1, 0.15) is 30.1 Å². The fraction of sp³-hybridized carbons (Fsp3) is 0.500. The molecule has 0 aromatic carbocycles. The number of piperidine rings is 1. The molecule has 98 valence electrons. The average Bonchev–Trinajstić information content (AvgIpc) is 2.75. The molecule has 1 N–H and O–H groups in total. The molecule has 1 aliphatic rings. The zero-order chi connectivity index (χ0) is 13.3. The van der Waals surface area contributed by atoms with Gasteiger partial charge in [0.2, 0.25) is 0 Å². The largest absolute Gasteiger partial charge is 0.481 e. The van der Waals surface area contributed by atoms with Crippen molar-refractivity contribution in [3.05, 3.63) is 22.6 Å². The molecule has 1 aliphatic heterocycles. The van der Waals surface area contributed by atoms with Crippen molar-refractivity contribution in [2.24, 2.45) is 5.92 Å². The van der Waals surface area contributed by atoms with Crippen LogP contribution in [-0.2, 0) is 4.79 Å². The summed E-state index contributed by atoms with van der Waals surface area (Å²) in [5.41, 5.74) is 0.444. The third-order valence-electron chi connectivity index (χ3n) is 3.38. The SMILES string of the molecule is C[C@@H]1[C@H](C(=O)O)CCCN1C(=O)c1coc(Br)c1. The molecule has 2 heterocycles. The highest BCUT2D eigenvalue weighted by Gasteiger charge is 2.35. The summed E-state index contributed by atoms with van der Waals surface area (Å²) in [4.78, 5) is 25.0. The summed E-state index contributed by atoms with van der Waals surface area (Å²) < 4.78 is 5.53. The predicted octanol–water partition coefficient (Wildman–Crippen LogP) is 2.37. The second-order valence-electron chi connectivity index (χ2n) is 4.47. The van der Waals surface area contributed by atoms with Gasteiger partial charge in [0.05, 0.1) is 11.5 Å². The Hall–Kier alpha value is -1.30. The molecule has 18 heavy (non-hydrogen) atoms. The highest BCUT2D eigenvalue weighted by Crippen LogP contribution is 2.26. The van der Waals surface area contributed by atoms with Gasteiger partial charge in [0.1, 0.15) is 6.26 Å². The summed E-state index contributed by atoms with van der Waals surface area (Å²) in [6.45, 7) is 2.37. The first-order valence-corrected chi connectivity index (χ1v) is 6.58. The summed E-state index contributed by atoms with van der Waals surface area (Å²) >= 11 is 3.14. The van der Waals surface area contributed by atoms with Crippen molar-refractivity contribution in [1.29, 1.82) is 0 Å². The number of halogens is 1. The van der Waals surface area contributed by atoms with Gasteiger partial charge in [-0.15, -0.1) is 0 Å². The summed E-state index contributed by atoms with van der Waals surface area (Å²) in [6, 6.07) is 1.30. The molecule has 5 nitrogen and oxygen atoms in total. The lowest BCUT2D eigenvalue weighted by atomic mass is 9.90. The van der Waals surface area contributed by atoms with Gasteiger partial charge >= 0.3 is 5.97 Å². The molecule has 0 aliphatic carbocycles. The molecule has 0 saturated carbocycles. The number of carbonyl (C=O) groups excluding carboxylic acids is 1. The number of rotatable bonds is 2. The van der Waals surface area contributed by atoms with E-state index in [2.05, 4.69) is 15.9 Å². The van der Waals surface area contributed by atoms with Crippen molar-refractivity contribution in [2.75, 3.05) is 6.54 Å². The van der Waals surface area contributed by atoms with Gasteiger partial charge in [-0.05, 0) is 35.7 Å². The zero-order valence-corrected chi connectivity index (χ0v) is 11.5. The van der Waals surface area contributed by atoms with Gasteiger partial charge in [-0.1, -0.05) is 0 Å². The number of likely N-dealkylation sites (tertiary alicyclic amines) is 1. The number of nitrogens with zero attached hydrogens (tertiary/aromatic N) is 1. The number of carboxylic acids is 1. The average molecular weight is 316 g/mol. The molecule has 6 heteroatoms. The van der Waals surface area contributed by atoms with Crippen LogP contribution in [-0.4, -0.2) is 34.5 Å². The third kappa shape index (κ3) is 2.43. The van der Waals surface area contributed by atoms with Gasteiger partial charge in [-0.3, -0.25) is 9.59 Å². The summed E-state index contributed by atoms with van der Waals surface area (Å²) in [5.74, 6) is -1.51. The molecule has 2 atom stereocenters. The van der Waals surface area contributed by atoms with E-state index in [9.17, 15) is 9.59 Å². The van der Waals surface area contributed by atoms with Crippen LogP contribution in [0, 0.1) is 5.92 Å². The molecular formula is C12H14BrNO4. The van der Waals surface area contributed by atoms with E-state index >= 15 is 0 Å². The highest BCUT2D eigenvalue weighted by molar-refractivity contribution is 9.10.